The highest BCUT2D eigenvalue weighted by Crippen LogP contribution is 2.42. The van der Waals surface area contributed by atoms with E-state index < -0.39 is 0 Å². The molecule has 0 N–H and O–H groups in total. The Kier molecular flexibility index (Phi) is 2.98. The number of carbonyl (C=O) groups excluding carboxylic acids is 1. The molecule has 0 amide bonds. The van der Waals surface area contributed by atoms with Gasteiger partial charge in [-0.1, -0.05) is 0 Å². The van der Waals surface area contributed by atoms with Crippen LogP contribution in [0.3, 0.4) is 0 Å². The lowest BCUT2D eigenvalue weighted by Crippen LogP contribution is -2.10. The monoisotopic (exact) mass is 258 g/mol. The fraction of sp³-hybridized carbons (Fsp3) is 0.385. The van der Waals surface area contributed by atoms with Crippen LogP contribution in [0.4, 0.5) is 0 Å². The maximum Gasteiger partial charge on any atom is 0.341 e. The normalized spacial score (nSPS) is 14.4. The van der Waals surface area contributed by atoms with E-state index in [2.05, 4.69) is 15.3 Å². The maximum atomic E-state index is 11.9. The highest BCUT2D eigenvalue weighted by Gasteiger charge is 2.33. The third kappa shape index (κ3) is 2.21. The van der Waals surface area contributed by atoms with Crippen LogP contribution in [0, 0.1) is 0 Å². The molecule has 2 aromatic rings. The van der Waals surface area contributed by atoms with Crippen molar-refractivity contribution in [2.45, 2.75) is 25.7 Å². The molecule has 0 saturated heterocycles. The van der Waals surface area contributed by atoms with E-state index >= 15 is 0 Å². The molecule has 0 aromatic carbocycles. The van der Waals surface area contributed by atoms with E-state index in [1.807, 2.05) is 6.07 Å². The molecule has 2 heterocycles. The first-order chi connectivity index (χ1) is 9.31. The highest BCUT2D eigenvalue weighted by molar-refractivity contribution is 5.91. The Morgan fingerprint density at radius 2 is 2.37 bits per heavy atom. The molecule has 0 aliphatic heterocycles. The molecule has 1 aliphatic carbocycles. The molecule has 1 saturated carbocycles. The third-order valence-corrected chi connectivity index (χ3v) is 3.04. The van der Waals surface area contributed by atoms with E-state index in [1.54, 1.807) is 30.1 Å². The largest absolute Gasteiger partial charge is 0.462 e. The van der Waals surface area contributed by atoms with Crippen molar-refractivity contribution >= 4 is 5.97 Å². The molecule has 1 fully saturated rings. The molecule has 1 aliphatic rings. The molecule has 0 unspecified atom stereocenters. The van der Waals surface area contributed by atoms with E-state index in [0.717, 1.165) is 18.5 Å². The summed E-state index contributed by atoms with van der Waals surface area (Å²) >= 11 is 0. The number of hydrogen-bond acceptors (Lipinski definition) is 5. The number of hydrogen-bond donors (Lipinski definition) is 0. The first-order valence-electron chi connectivity index (χ1n) is 6.34. The van der Waals surface area contributed by atoms with Gasteiger partial charge in [0, 0.05) is 12.1 Å². The Hall–Kier alpha value is -2.24. The first-order valence-corrected chi connectivity index (χ1v) is 6.34. The van der Waals surface area contributed by atoms with Crippen LogP contribution in [-0.4, -0.2) is 32.6 Å². The number of esters is 1. The van der Waals surface area contributed by atoms with Gasteiger partial charge in [0.25, 0.3) is 0 Å². The Bertz CT molecular complexity index is 590. The SMILES string of the molecule is CCOC(=O)c1cnn(-c2cccnn2)c1C1CC1. The number of aromatic nitrogens is 4. The minimum absolute atomic E-state index is 0.320. The van der Waals surface area contributed by atoms with Crippen LogP contribution >= 0.6 is 0 Å². The number of carbonyl (C=O) groups is 1. The molecule has 6 nitrogen and oxygen atoms in total. The zero-order valence-electron chi connectivity index (χ0n) is 10.6. The van der Waals surface area contributed by atoms with Gasteiger partial charge in [-0.2, -0.15) is 10.2 Å². The average molecular weight is 258 g/mol. The molecule has 3 rings (SSSR count). The van der Waals surface area contributed by atoms with Gasteiger partial charge in [-0.05, 0) is 31.9 Å². The van der Waals surface area contributed by atoms with Gasteiger partial charge in [0.15, 0.2) is 5.82 Å². The van der Waals surface area contributed by atoms with Crippen molar-refractivity contribution in [2.24, 2.45) is 0 Å². The van der Waals surface area contributed by atoms with E-state index in [9.17, 15) is 4.79 Å². The average Bonchev–Trinajstić information content (AvgIpc) is 3.18. The van der Waals surface area contributed by atoms with Crippen LogP contribution in [0.25, 0.3) is 5.82 Å². The van der Waals surface area contributed by atoms with Crippen LogP contribution < -0.4 is 0 Å². The second-order valence-corrected chi connectivity index (χ2v) is 4.43. The lowest BCUT2D eigenvalue weighted by molar-refractivity contribution is 0.0525. The summed E-state index contributed by atoms with van der Waals surface area (Å²) in [5, 5.41) is 12.1. The summed E-state index contributed by atoms with van der Waals surface area (Å²) in [5.41, 5.74) is 1.42. The molecular formula is C13H14N4O2. The van der Waals surface area contributed by atoms with Crippen molar-refractivity contribution in [2.75, 3.05) is 6.61 Å². The van der Waals surface area contributed by atoms with Crippen molar-refractivity contribution in [3.05, 3.63) is 35.8 Å². The Balaban J connectivity index is 2.04. The van der Waals surface area contributed by atoms with Crippen LogP contribution in [0.15, 0.2) is 24.5 Å². The molecule has 0 radical (unpaired) electrons. The topological polar surface area (TPSA) is 69.9 Å². The van der Waals surface area contributed by atoms with Gasteiger partial charge < -0.3 is 4.74 Å². The van der Waals surface area contributed by atoms with Crippen LogP contribution in [-0.2, 0) is 4.74 Å². The van der Waals surface area contributed by atoms with Gasteiger partial charge >= 0.3 is 5.97 Å². The summed E-state index contributed by atoms with van der Waals surface area (Å²) in [6, 6.07) is 3.62. The predicted molar refractivity (Wildman–Crippen MR) is 67.1 cm³/mol. The zero-order chi connectivity index (χ0) is 13.2. The van der Waals surface area contributed by atoms with Gasteiger partial charge in [0.2, 0.25) is 0 Å². The summed E-state index contributed by atoms with van der Waals surface area (Å²) in [5.74, 6) is 0.670. The second-order valence-electron chi connectivity index (χ2n) is 4.43. The summed E-state index contributed by atoms with van der Waals surface area (Å²) in [6.07, 6.45) is 5.30. The van der Waals surface area contributed by atoms with Crippen molar-refractivity contribution in [3.8, 4) is 5.82 Å². The number of rotatable bonds is 4. The minimum Gasteiger partial charge on any atom is -0.462 e. The number of ether oxygens (including phenoxy) is 1. The maximum absolute atomic E-state index is 11.9. The van der Waals surface area contributed by atoms with Crippen LogP contribution in [0.5, 0.6) is 0 Å². The minimum atomic E-state index is -0.320. The lowest BCUT2D eigenvalue weighted by atomic mass is 10.2. The van der Waals surface area contributed by atoms with Crippen molar-refractivity contribution in [1.82, 2.24) is 20.0 Å². The third-order valence-electron chi connectivity index (χ3n) is 3.04. The Morgan fingerprint density at radius 3 is 3.00 bits per heavy atom. The lowest BCUT2D eigenvalue weighted by Gasteiger charge is -2.06. The van der Waals surface area contributed by atoms with Gasteiger partial charge in [-0.3, -0.25) is 0 Å². The molecular weight excluding hydrogens is 244 g/mol. The summed E-state index contributed by atoms with van der Waals surface area (Å²) in [6.45, 7) is 2.15. The summed E-state index contributed by atoms with van der Waals surface area (Å²) in [7, 11) is 0. The van der Waals surface area contributed by atoms with Gasteiger partial charge in [-0.15, -0.1) is 5.10 Å². The van der Waals surface area contributed by atoms with Crippen LogP contribution in [0.1, 0.15) is 41.7 Å². The molecule has 0 bridgehead atoms. The second kappa shape index (κ2) is 4.79. The van der Waals surface area contributed by atoms with E-state index in [1.165, 1.54) is 0 Å². The first kappa shape index (κ1) is 11.8. The van der Waals surface area contributed by atoms with Crippen molar-refractivity contribution in [3.63, 3.8) is 0 Å². The Labute approximate surface area is 110 Å². The summed E-state index contributed by atoms with van der Waals surface area (Å²) < 4.78 is 6.76. The fourth-order valence-corrected chi connectivity index (χ4v) is 2.06. The smallest absolute Gasteiger partial charge is 0.341 e. The van der Waals surface area contributed by atoms with Crippen molar-refractivity contribution in [1.29, 1.82) is 0 Å². The summed E-state index contributed by atoms with van der Waals surface area (Å²) in [4.78, 5) is 11.9. The molecule has 19 heavy (non-hydrogen) atoms. The van der Waals surface area contributed by atoms with Crippen molar-refractivity contribution < 1.29 is 9.53 Å². The quantitative estimate of drug-likeness (QED) is 0.781. The fourth-order valence-electron chi connectivity index (χ4n) is 2.06. The standard InChI is InChI=1S/C13H14N4O2/c1-2-19-13(18)10-8-15-17(12(10)9-5-6-9)11-4-3-7-14-16-11/h3-4,7-9H,2,5-6H2,1H3. The molecule has 98 valence electrons. The van der Waals surface area contributed by atoms with Gasteiger partial charge in [-0.25, -0.2) is 9.48 Å². The molecule has 0 atom stereocenters. The molecule has 0 spiro atoms. The zero-order valence-corrected chi connectivity index (χ0v) is 10.6. The molecule has 2 aromatic heterocycles. The van der Waals surface area contributed by atoms with E-state index in [-0.39, 0.29) is 5.97 Å². The molecule has 6 heteroatoms. The van der Waals surface area contributed by atoms with Crippen LogP contribution in [0.2, 0.25) is 0 Å². The predicted octanol–water partition coefficient (Wildman–Crippen LogP) is 1.72. The van der Waals surface area contributed by atoms with E-state index in [4.69, 9.17) is 4.74 Å². The number of nitrogens with zero attached hydrogens (tertiary/aromatic N) is 4. The van der Waals surface area contributed by atoms with Gasteiger partial charge in [0.05, 0.1) is 18.5 Å². The highest BCUT2D eigenvalue weighted by atomic mass is 16.5. The van der Waals surface area contributed by atoms with Gasteiger partial charge in [0.1, 0.15) is 5.56 Å². The van der Waals surface area contributed by atoms with E-state index in [0.29, 0.717) is 23.9 Å². The Morgan fingerprint density at radius 1 is 1.53 bits per heavy atom.